The van der Waals surface area contributed by atoms with Crippen molar-refractivity contribution in [3.8, 4) is 27.3 Å². The molecule has 16 rings (SSSR count). The molecule has 4 heterocycles. The summed E-state index contributed by atoms with van der Waals surface area (Å²) in [5, 5.41) is 2.62. The topological polar surface area (TPSA) is 11.4 Å². The molecule has 4 saturated carbocycles. The average molecular weight is 1100 g/mol. The molecule has 0 saturated heterocycles. The third-order valence-corrected chi connectivity index (χ3v) is 21.6. The highest BCUT2D eigenvalue weighted by Gasteiger charge is 2.54. The largest absolute Gasteiger partial charge is 0.319 e. The molecular formula is C78H80BN3S. The van der Waals surface area contributed by atoms with Crippen molar-refractivity contribution in [3.05, 3.63) is 204 Å². The fourth-order valence-electron chi connectivity index (χ4n) is 16.5. The molecule has 4 bridgehead atoms. The lowest BCUT2D eigenvalue weighted by Gasteiger charge is -2.57. The summed E-state index contributed by atoms with van der Waals surface area (Å²) in [6, 6.07) is 69.6. The number of rotatable bonds is 6. The lowest BCUT2D eigenvalue weighted by Crippen LogP contribution is -2.63. The number of fused-ring (bicyclic) bond motifs is 8. The summed E-state index contributed by atoms with van der Waals surface area (Å²) in [6.07, 6.45) is 8.11. The quantitative estimate of drug-likeness (QED) is 0.154. The van der Waals surface area contributed by atoms with E-state index in [2.05, 4.69) is 273 Å². The van der Waals surface area contributed by atoms with Gasteiger partial charge in [0.2, 0.25) is 0 Å². The van der Waals surface area contributed by atoms with Crippen LogP contribution in [-0.2, 0) is 27.1 Å². The summed E-state index contributed by atoms with van der Waals surface area (Å²) in [5.41, 5.74) is 25.0. The highest BCUT2D eigenvalue weighted by molar-refractivity contribution is 7.24. The van der Waals surface area contributed by atoms with Crippen molar-refractivity contribution in [1.29, 1.82) is 0 Å². The maximum Gasteiger partial charge on any atom is 0.273 e. The molecule has 0 N–H and O–H groups in total. The van der Waals surface area contributed by atoms with Gasteiger partial charge in [0.05, 0.1) is 11.2 Å². The zero-order valence-electron chi connectivity index (χ0n) is 51.0. The molecule has 2 aromatic heterocycles. The molecule has 6 aliphatic rings. The van der Waals surface area contributed by atoms with Gasteiger partial charge < -0.3 is 14.4 Å². The molecular weight excluding hydrogens is 1020 g/mol. The number of aromatic nitrogens is 1. The van der Waals surface area contributed by atoms with Gasteiger partial charge in [0, 0.05) is 65.6 Å². The summed E-state index contributed by atoms with van der Waals surface area (Å²) in [4.78, 5) is 6.82. The zero-order valence-corrected chi connectivity index (χ0v) is 51.9. The fraction of sp³-hybridized carbons (Fsp3) is 0.333. The van der Waals surface area contributed by atoms with Gasteiger partial charge in [-0.25, -0.2) is 0 Å². The Morgan fingerprint density at radius 1 is 0.458 bits per heavy atom. The van der Waals surface area contributed by atoms with E-state index in [1.54, 1.807) is 5.56 Å². The third-order valence-electron chi connectivity index (χ3n) is 20.4. The molecule has 5 heteroatoms. The van der Waals surface area contributed by atoms with Gasteiger partial charge >= 0.3 is 0 Å². The van der Waals surface area contributed by atoms with Crippen molar-refractivity contribution in [2.24, 2.45) is 17.8 Å². The van der Waals surface area contributed by atoms with Gasteiger partial charge in [-0.15, -0.1) is 11.3 Å². The first-order chi connectivity index (χ1) is 39.6. The van der Waals surface area contributed by atoms with Crippen LogP contribution < -0.4 is 26.3 Å². The van der Waals surface area contributed by atoms with Crippen molar-refractivity contribution in [1.82, 2.24) is 4.57 Å². The van der Waals surface area contributed by atoms with Crippen molar-refractivity contribution >= 4 is 89.7 Å². The molecule has 10 aromatic rings. The molecule has 0 radical (unpaired) electrons. The van der Waals surface area contributed by atoms with E-state index in [1.165, 1.54) is 160 Å². The predicted molar refractivity (Wildman–Crippen MR) is 358 cm³/mol. The van der Waals surface area contributed by atoms with Gasteiger partial charge in [-0.1, -0.05) is 198 Å². The summed E-state index contributed by atoms with van der Waals surface area (Å²) in [7, 11) is 0. The Kier molecular flexibility index (Phi) is 11.7. The first-order valence-electron chi connectivity index (χ1n) is 31.1. The Hall–Kier alpha value is -7.08. The van der Waals surface area contributed by atoms with Crippen LogP contribution in [0.4, 0.5) is 34.1 Å². The van der Waals surface area contributed by atoms with Crippen LogP contribution in [0.25, 0.3) is 48.2 Å². The van der Waals surface area contributed by atoms with Crippen molar-refractivity contribution in [3.63, 3.8) is 0 Å². The second-order valence-corrected chi connectivity index (χ2v) is 31.1. The molecule has 4 fully saturated rings. The smallest absolute Gasteiger partial charge is 0.273 e. The lowest BCUT2D eigenvalue weighted by molar-refractivity contribution is -0.00514. The molecule has 0 spiro atoms. The standard InChI is InChI=1S/C78H80BN3S/c1-74(2,3)53-23-30-58(31-24-53)80-63-37-29-56(77(10,11)12)42-62(63)79-69-65(80)43-57(78-45-48-39-49(46-78)41-50(40-48)47-78)44-66(69)81(59-32-25-54(26-33-59)75(4,5)6)70-68-64(82(73(70)79)60-34-27-55(28-35-60)76(7,8)9)38-36-61-67(51-19-15-13-16-20-51)71(83-72(61)68)52-21-17-14-18-22-52/h13-38,42-44,48-50H,39-41,45-47H2,1-12H3. The van der Waals surface area contributed by atoms with E-state index in [1.807, 2.05) is 11.3 Å². The Balaban J connectivity index is 1.13. The number of nitrogens with zero attached hydrogens (tertiary/aromatic N) is 3. The van der Waals surface area contributed by atoms with E-state index in [0.29, 0.717) is 0 Å². The minimum Gasteiger partial charge on any atom is -0.319 e. The zero-order chi connectivity index (χ0) is 57.3. The van der Waals surface area contributed by atoms with E-state index in [9.17, 15) is 0 Å². The maximum atomic E-state index is 2.80. The second-order valence-electron chi connectivity index (χ2n) is 30.1. The number of benzene rings is 8. The van der Waals surface area contributed by atoms with Gasteiger partial charge in [0.1, 0.15) is 0 Å². The Morgan fingerprint density at radius 3 is 1.45 bits per heavy atom. The molecule has 8 aromatic carbocycles. The lowest BCUT2D eigenvalue weighted by atomic mass is 9.34. The van der Waals surface area contributed by atoms with Crippen LogP contribution in [0.5, 0.6) is 0 Å². The van der Waals surface area contributed by atoms with Crippen molar-refractivity contribution in [2.45, 2.75) is 149 Å². The Labute approximate surface area is 498 Å². The highest BCUT2D eigenvalue weighted by Crippen LogP contribution is 2.62. The van der Waals surface area contributed by atoms with E-state index < -0.39 is 0 Å². The van der Waals surface area contributed by atoms with E-state index in [-0.39, 0.29) is 33.8 Å². The number of thiophene rings is 1. The minimum absolute atomic E-state index is 0.00000563. The SMILES string of the molecule is CC(C)(C)c1ccc(N2c3ccc(C(C)(C)C)cc3B3c4c2cc(C25CC6CC(CC(C6)C2)C5)cc4N(c2ccc(C(C)(C)C)cc2)c2c3n(-c3ccc(C(C)(C)C)cc3)c3ccc4c(-c5ccccc5)c(-c5ccccc5)sc4c23)cc1. The summed E-state index contributed by atoms with van der Waals surface area (Å²) in [6.45, 7) is 28.1. The van der Waals surface area contributed by atoms with Gasteiger partial charge in [-0.3, -0.25) is 0 Å². The van der Waals surface area contributed by atoms with Crippen LogP contribution in [0.2, 0.25) is 0 Å². The van der Waals surface area contributed by atoms with Gasteiger partial charge in [-0.2, -0.15) is 0 Å². The van der Waals surface area contributed by atoms with E-state index in [0.717, 1.165) is 17.8 Å². The van der Waals surface area contributed by atoms with Crippen LogP contribution in [0.15, 0.2) is 176 Å². The van der Waals surface area contributed by atoms with Crippen LogP contribution >= 0.6 is 11.3 Å². The minimum atomic E-state index is -0.111. The predicted octanol–water partition coefficient (Wildman–Crippen LogP) is 19.9. The monoisotopic (exact) mass is 1100 g/mol. The number of hydrogen-bond acceptors (Lipinski definition) is 3. The molecule has 3 nitrogen and oxygen atoms in total. The highest BCUT2D eigenvalue weighted by atomic mass is 32.1. The van der Waals surface area contributed by atoms with Gasteiger partial charge in [0.15, 0.2) is 0 Å². The average Bonchev–Trinajstić information content (AvgIpc) is 1.96. The molecule has 4 aliphatic carbocycles. The van der Waals surface area contributed by atoms with E-state index in [4.69, 9.17) is 0 Å². The molecule has 83 heavy (non-hydrogen) atoms. The summed E-state index contributed by atoms with van der Waals surface area (Å²) < 4.78 is 4.06. The first-order valence-corrected chi connectivity index (χ1v) is 31.9. The molecule has 0 unspecified atom stereocenters. The van der Waals surface area contributed by atoms with E-state index >= 15 is 0 Å². The Morgan fingerprint density at radius 2 is 0.928 bits per heavy atom. The maximum absolute atomic E-state index is 2.80. The second kappa shape index (κ2) is 18.5. The Bertz CT molecular complexity index is 4160. The molecule has 0 atom stereocenters. The van der Waals surface area contributed by atoms with Crippen LogP contribution in [0, 0.1) is 17.8 Å². The number of anilines is 6. The van der Waals surface area contributed by atoms with Crippen LogP contribution in [0.1, 0.15) is 149 Å². The summed E-state index contributed by atoms with van der Waals surface area (Å²) >= 11 is 1.98. The summed E-state index contributed by atoms with van der Waals surface area (Å²) in [5.74, 6) is 2.41. The number of hydrogen-bond donors (Lipinski definition) is 0. The van der Waals surface area contributed by atoms with Crippen LogP contribution in [0.3, 0.4) is 0 Å². The molecule has 2 aliphatic heterocycles. The third kappa shape index (κ3) is 8.39. The molecule has 0 amide bonds. The fourth-order valence-corrected chi connectivity index (χ4v) is 17.8. The van der Waals surface area contributed by atoms with Gasteiger partial charge in [0.25, 0.3) is 6.71 Å². The molecule has 416 valence electrons. The van der Waals surface area contributed by atoms with Gasteiger partial charge in [-0.05, 0) is 194 Å². The normalized spacial score (nSPS) is 20.1. The van der Waals surface area contributed by atoms with Crippen molar-refractivity contribution in [2.75, 3.05) is 9.80 Å². The first kappa shape index (κ1) is 52.7. The van der Waals surface area contributed by atoms with Crippen molar-refractivity contribution < 1.29 is 0 Å². The van der Waals surface area contributed by atoms with Crippen LogP contribution in [-0.4, -0.2) is 11.3 Å².